The largest absolute Gasteiger partial charge is 0.496 e. The molecule has 0 aliphatic rings. The summed E-state index contributed by atoms with van der Waals surface area (Å²) in [5, 5.41) is 4.64. The fourth-order valence-electron chi connectivity index (χ4n) is 6.61. The van der Waals surface area contributed by atoms with Gasteiger partial charge in [0.25, 0.3) is 0 Å². The highest BCUT2D eigenvalue weighted by molar-refractivity contribution is 6.11. The Labute approximate surface area is 282 Å². The molecule has 234 valence electrons. The van der Waals surface area contributed by atoms with Gasteiger partial charge >= 0.3 is 0 Å². The van der Waals surface area contributed by atoms with Gasteiger partial charge < -0.3 is 18.9 Å². The summed E-state index contributed by atoms with van der Waals surface area (Å²) in [4.78, 5) is 0. The Morgan fingerprint density at radius 3 is 0.688 bits per heavy atom. The van der Waals surface area contributed by atoms with Gasteiger partial charge in [0.1, 0.15) is 23.0 Å². The van der Waals surface area contributed by atoms with Gasteiger partial charge in [0.15, 0.2) is 0 Å². The second-order valence-electron chi connectivity index (χ2n) is 11.5. The second kappa shape index (κ2) is 13.4. The molecule has 0 spiro atoms. The first-order valence-electron chi connectivity index (χ1n) is 15.9. The molecule has 0 fully saturated rings. The van der Waals surface area contributed by atoms with Crippen LogP contribution in [0.5, 0.6) is 23.0 Å². The molecule has 0 aliphatic carbocycles. The Morgan fingerprint density at radius 2 is 0.500 bits per heavy atom. The summed E-state index contributed by atoms with van der Waals surface area (Å²) < 4.78 is 22.2. The minimum Gasteiger partial charge on any atom is -0.496 e. The van der Waals surface area contributed by atoms with Crippen LogP contribution in [0.3, 0.4) is 0 Å². The van der Waals surface area contributed by atoms with Crippen molar-refractivity contribution >= 4 is 21.5 Å². The summed E-state index contributed by atoms with van der Waals surface area (Å²) >= 11 is 0. The fraction of sp³-hybridized carbons (Fsp3) is 0.0909. The molecule has 0 bridgehead atoms. The molecule has 4 nitrogen and oxygen atoms in total. The summed E-state index contributed by atoms with van der Waals surface area (Å²) in [6, 6.07) is 50.8. The van der Waals surface area contributed by atoms with Gasteiger partial charge in [0.2, 0.25) is 0 Å². The van der Waals surface area contributed by atoms with Crippen molar-refractivity contribution in [1.82, 2.24) is 0 Å². The third-order valence-electron chi connectivity index (χ3n) is 8.95. The molecule has 7 aromatic rings. The van der Waals surface area contributed by atoms with Crippen molar-refractivity contribution in [2.24, 2.45) is 0 Å². The number of hydrogen-bond donors (Lipinski definition) is 0. The van der Waals surface area contributed by atoms with E-state index < -0.39 is 0 Å². The van der Waals surface area contributed by atoms with E-state index in [-0.39, 0.29) is 0 Å². The van der Waals surface area contributed by atoms with Crippen molar-refractivity contribution in [1.29, 1.82) is 0 Å². The van der Waals surface area contributed by atoms with E-state index in [1.165, 1.54) is 11.1 Å². The third-order valence-corrected chi connectivity index (χ3v) is 8.95. The maximum absolute atomic E-state index is 5.54. The lowest BCUT2D eigenvalue weighted by Gasteiger charge is -2.22. The van der Waals surface area contributed by atoms with Gasteiger partial charge in [-0.25, -0.2) is 0 Å². The Bertz CT molecular complexity index is 1840. The van der Waals surface area contributed by atoms with Crippen molar-refractivity contribution in [2.45, 2.75) is 0 Å². The van der Waals surface area contributed by atoms with Gasteiger partial charge in [-0.3, -0.25) is 0 Å². The molecule has 0 aromatic heterocycles. The van der Waals surface area contributed by atoms with E-state index >= 15 is 0 Å². The Kier molecular flexibility index (Phi) is 8.55. The van der Waals surface area contributed by atoms with Gasteiger partial charge in [-0.05, 0) is 72.8 Å². The topological polar surface area (TPSA) is 36.9 Å². The number of ether oxygens (including phenoxy) is 4. The number of benzene rings is 7. The molecule has 48 heavy (non-hydrogen) atoms. The standard InChI is InChI=1S/C44H36O4/c1-45-33-21-13-29(14-22-33)41(30-15-23-34(46-2)24-16-30)43-37-9-5-7-11-39(37)44(40-12-8-6-10-38(40)43)42(31-17-25-35(47-3)26-18-31)32-19-27-36(48-4)28-20-32/h5-28H,1-4H3/q+2. The summed E-state index contributed by atoms with van der Waals surface area (Å²) in [5.74, 6) is 5.53. The zero-order chi connectivity index (χ0) is 33.0. The maximum Gasteiger partial charge on any atom is 0.129 e. The lowest BCUT2D eigenvalue weighted by molar-refractivity contribution is 0.414. The van der Waals surface area contributed by atoms with Gasteiger partial charge in [0.05, 0.1) is 95.2 Å². The van der Waals surface area contributed by atoms with Crippen LogP contribution in [-0.4, -0.2) is 28.4 Å². The normalized spacial score (nSPS) is 10.9. The van der Waals surface area contributed by atoms with E-state index in [2.05, 4.69) is 97.1 Å². The highest BCUT2D eigenvalue weighted by Crippen LogP contribution is 2.47. The molecule has 0 saturated carbocycles. The fourth-order valence-corrected chi connectivity index (χ4v) is 6.61. The van der Waals surface area contributed by atoms with E-state index in [0.29, 0.717) is 0 Å². The molecular weight excluding hydrogens is 592 g/mol. The van der Waals surface area contributed by atoms with E-state index in [4.69, 9.17) is 18.9 Å². The molecular formula is C44H36O4+2. The summed E-state index contributed by atoms with van der Waals surface area (Å²) in [6.07, 6.45) is 0. The molecule has 0 atom stereocenters. The smallest absolute Gasteiger partial charge is 0.129 e. The van der Waals surface area contributed by atoms with Crippen LogP contribution in [0.4, 0.5) is 0 Å². The lowest BCUT2D eigenvalue weighted by atomic mass is 9.75. The molecule has 0 unspecified atom stereocenters. The number of fused-ring (bicyclic) bond motifs is 2. The zero-order valence-electron chi connectivity index (χ0n) is 27.5. The maximum atomic E-state index is 5.54. The molecule has 0 amide bonds. The first kappa shape index (κ1) is 30.6. The van der Waals surface area contributed by atoms with Crippen molar-refractivity contribution in [3.8, 4) is 23.0 Å². The van der Waals surface area contributed by atoms with Crippen molar-refractivity contribution in [2.75, 3.05) is 28.4 Å². The molecule has 0 N–H and O–H groups in total. The average molecular weight is 629 g/mol. The van der Waals surface area contributed by atoms with E-state index in [9.17, 15) is 0 Å². The van der Waals surface area contributed by atoms with Crippen LogP contribution in [0.25, 0.3) is 21.5 Å². The summed E-state index contributed by atoms with van der Waals surface area (Å²) in [6.45, 7) is 0. The van der Waals surface area contributed by atoms with Gasteiger partial charge in [-0.2, -0.15) is 0 Å². The van der Waals surface area contributed by atoms with Crippen LogP contribution in [0.2, 0.25) is 0 Å². The van der Waals surface area contributed by atoms with Crippen LogP contribution < -0.4 is 18.9 Å². The Hall–Kier alpha value is -6.00. The number of methoxy groups -OCH3 is 4. The van der Waals surface area contributed by atoms with Crippen LogP contribution >= 0.6 is 0 Å². The van der Waals surface area contributed by atoms with Gasteiger partial charge in [0, 0.05) is 48.5 Å². The quantitative estimate of drug-likeness (QED) is 0.0858. The minimum atomic E-state index is 0.816. The predicted octanol–water partition coefficient (Wildman–Crippen LogP) is 10.1. The van der Waals surface area contributed by atoms with Crippen molar-refractivity contribution in [3.05, 3.63) is 191 Å². The molecule has 4 heteroatoms. The lowest BCUT2D eigenvalue weighted by Crippen LogP contribution is -2.11. The summed E-state index contributed by atoms with van der Waals surface area (Å²) in [5.41, 5.74) is 6.72. The predicted molar refractivity (Wildman–Crippen MR) is 195 cm³/mol. The van der Waals surface area contributed by atoms with Gasteiger partial charge in [-0.15, -0.1) is 0 Å². The minimum absolute atomic E-state index is 0.816. The van der Waals surface area contributed by atoms with Crippen LogP contribution in [-0.2, 0) is 0 Å². The van der Waals surface area contributed by atoms with Crippen LogP contribution in [0.15, 0.2) is 146 Å². The van der Waals surface area contributed by atoms with Crippen molar-refractivity contribution < 1.29 is 18.9 Å². The monoisotopic (exact) mass is 628 g/mol. The molecule has 0 saturated heterocycles. The molecule has 7 rings (SSSR count). The molecule has 0 aliphatic heterocycles. The summed E-state index contributed by atoms with van der Waals surface area (Å²) in [7, 11) is 6.79. The Morgan fingerprint density at radius 1 is 0.292 bits per heavy atom. The first-order chi connectivity index (χ1) is 23.6. The highest BCUT2D eigenvalue weighted by atomic mass is 16.5. The van der Waals surface area contributed by atoms with Crippen molar-refractivity contribution in [3.63, 3.8) is 0 Å². The Balaban J connectivity index is 1.56. The zero-order valence-corrected chi connectivity index (χ0v) is 27.5. The first-order valence-corrected chi connectivity index (χ1v) is 15.9. The number of rotatable bonds is 10. The van der Waals surface area contributed by atoms with E-state index in [1.807, 2.05) is 48.5 Å². The average Bonchev–Trinajstić information content (AvgIpc) is 3.16. The molecule has 0 heterocycles. The second-order valence-corrected chi connectivity index (χ2v) is 11.5. The van der Waals surface area contributed by atoms with Crippen LogP contribution in [0.1, 0.15) is 33.4 Å². The molecule has 0 radical (unpaired) electrons. The van der Waals surface area contributed by atoms with E-state index in [0.717, 1.165) is 78.6 Å². The third kappa shape index (κ3) is 5.62. The van der Waals surface area contributed by atoms with Gasteiger partial charge in [-0.1, -0.05) is 24.3 Å². The number of hydrogen-bond acceptors (Lipinski definition) is 4. The SMILES string of the molecule is COc1ccc([C+](c2ccc(OC)cc2)c2c3ccccc3c([C+](c3ccc(OC)cc3)c3ccc(OC)cc3)c3ccccc23)cc1. The van der Waals surface area contributed by atoms with E-state index in [1.54, 1.807) is 28.4 Å². The molecule has 7 aromatic carbocycles. The highest BCUT2D eigenvalue weighted by Gasteiger charge is 2.34. The van der Waals surface area contributed by atoms with Crippen LogP contribution in [0, 0.1) is 11.8 Å².